The van der Waals surface area contributed by atoms with Gasteiger partial charge in [-0.05, 0) is 23.3 Å². The summed E-state index contributed by atoms with van der Waals surface area (Å²) in [5.74, 6) is 0.103. The Labute approximate surface area is 102 Å². The van der Waals surface area contributed by atoms with Gasteiger partial charge in [0, 0.05) is 16.6 Å². The van der Waals surface area contributed by atoms with E-state index in [-0.39, 0.29) is 11.7 Å². The molecular formula is C10H10BrClOS. The SMILES string of the molecule is O=C(CCl)Cc1cc(S)ccc1CBr. The Morgan fingerprint density at radius 2 is 2.14 bits per heavy atom. The maximum absolute atomic E-state index is 11.2. The van der Waals surface area contributed by atoms with Crippen LogP contribution in [-0.2, 0) is 16.5 Å². The van der Waals surface area contributed by atoms with Crippen molar-refractivity contribution in [3.63, 3.8) is 0 Å². The Bertz CT molecular complexity index is 341. The van der Waals surface area contributed by atoms with E-state index >= 15 is 0 Å². The quantitative estimate of drug-likeness (QED) is 0.666. The number of benzene rings is 1. The Kier molecular flexibility index (Phi) is 4.99. The summed E-state index contributed by atoms with van der Waals surface area (Å²) in [5, 5.41) is 0.742. The summed E-state index contributed by atoms with van der Waals surface area (Å²) in [4.78, 5) is 12.1. The lowest BCUT2D eigenvalue weighted by Gasteiger charge is -2.06. The van der Waals surface area contributed by atoms with Gasteiger partial charge in [-0.2, -0.15) is 0 Å². The number of ketones is 1. The molecule has 1 nitrogen and oxygen atoms in total. The molecule has 0 aliphatic heterocycles. The second-order valence-electron chi connectivity index (χ2n) is 2.94. The maximum Gasteiger partial charge on any atom is 0.151 e. The van der Waals surface area contributed by atoms with E-state index in [1.807, 2.05) is 18.2 Å². The van der Waals surface area contributed by atoms with E-state index in [0.717, 1.165) is 21.4 Å². The molecule has 0 radical (unpaired) electrons. The molecule has 0 aliphatic carbocycles. The van der Waals surface area contributed by atoms with Gasteiger partial charge in [0.05, 0.1) is 5.88 Å². The fourth-order valence-electron chi connectivity index (χ4n) is 1.17. The standard InChI is InChI=1S/C10H10BrClOS/c11-5-7-1-2-10(14)4-8(7)3-9(13)6-12/h1-2,4,14H,3,5-6H2. The molecule has 0 amide bonds. The molecule has 0 heterocycles. The van der Waals surface area contributed by atoms with Crippen LogP contribution in [0.25, 0.3) is 0 Å². The van der Waals surface area contributed by atoms with Gasteiger partial charge < -0.3 is 0 Å². The first-order chi connectivity index (χ1) is 6.67. The van der Waals surface area contributed by atoms with Crippen molar-refractivity contribution in [1.29, 1.82) is 0 Å². The molecule has 0 aliphatic rings. The summed E-state index contributed by atoms with van der Waals surface area (Å²) in [6.07, 6.45) is 0.388. The number of hydrogen-bond acceptors (Lipinski definition) is 2. The highest BCUT2D eigenvalue weighted by Gasteiger charge is 2.06. The van der Waals surface area contributed by atoms with Gasteiger partial charge >= 0.3 is 0 Å². The van der Waals surface area contributed by atoms with Crippen LogP contribution >= 0.6 is 40.2 Å². The van der Waals surface area contributed by atoms with Crippen LogP contribution in [0.5, 0.6) is 0 Å². The van der Waals surface area contributed by atoms with Crippen LogP contribution in [0, 0.1) is 0 Å². The van der Waals surface area contributed by atoms with Crippen LogP contribution < -0.4 is 0 Å². The number of rotatable bonds is 4. The van der Waals surface area contributed by atoms with Crippen molar-refractivity contribution >= 4 is 45.9 Å². The zero-order valence-corrected chi connectivity index (χ0v) is 10.7. The monoisotopic (exact) mass is 292 g/mol. The third-order valence-corrected chi connectivity index (χ3v) is 3.05. The number of Topliss-reactive ketones (excluding diaryl/α,β-unsaturated/α-hetero) is 1. The number of hydrogen-bond donors (Lipinski definition) is 1. The Hall–Kier alpha value is 0.01000. The lowest BCUT2D eigenvalue weighted by Crippen LogP contribution is -2.05. The fourth-order valence-corrected chi connectivity index (χ4v) is 2.04. The first kappa shape index (κ1) is 12.1. The Morgan fingerprint density at radius 1 is 1.43 bits per heavy atom. The molecule has 14 heavy (non-hydrogen) atoms. The summed E-state index contributed by atoms with van der Waals surface area (Å²) in [6, 6.07) is 5.78. The van der Waals surface area contributed by atoms with Crippen LogP contribution in [0.4, 0.5) is 0 Å². The topological polar surface area (TPSA) is 17.1 Å². The minimum Gasteiger partial charge on any atom is -0.298 e. The number of thiol groups is 1. The summed E-state index contributed by atoms with van der Waals surface area (Å²) in [6.45, 7) is 0. The molecule has 0 saturated heterocycles. The third-order valence-electron chi connectivity index (χ3n) is 1.87. The van der Waals surface area contributed by atoms with Crippen molar-refractivity contribution in [2.75, 3.05) is 5.88 Å². The van der Waals surface area contributed by atoms with E-state index in [2.05, 4.69) is 28.6 Å². The minimum atomic E-state index is 0.0350. The Balaban J connectivity index is 2.93. The lowest BCUT2D eigenvalue weighted by molar-refractivity contribution is -0.116. The highest BCUT2D eigenvalue weighted by molar-refractivity contribution is 9.08. The van der Waals surface area contributed by atoms with E-state index in [0.29, 0.717) is 6.42 Å². The van der Waals surface area contributed by atoms with E-state index < -0.39 is 0 Å². The highest BCUT2D eigenvalue weighted by Crippen LogP contribution is 2.18. The molecule has 0 fully saturated rings. The zero-order chi connectivity index (χ0) is 10.6. The van der Waals surface area contributed by atoms with Crippen LogP contribution in [0.3, 0.4) is 0 Å². The second-order valence-corrected chi connectivity index (χ2v) is 4.28. The smallest absolute Gasteiger partial charge is 0.151 e. The van der Waals surface area contributed by atoms with Crippen LogP contribution in [-0.4, -0.2) is 11.7 Å². The van der Waals surface area contributed by atoms with Crippen molar-refractivity contribution < 1.29 is 4.79 Å². The van der Waals surface area contributed by atoms with Gasteiger partial charge in [0.1, 0.15) is 0 Å². The van der Waals surface area contributed by atoms with Crippen molar-refractivity contribution in [3.05, 3.63) is 29.3 Å². The number of alkyl halides is 2. The highest BCUT2D eigenvalue weighted by atomic mass is 79.9. The van der Waals surface area contributed by atoms with Gasteiger partial charge in [0.15, 0.2) is 5.78 Å². The molecule has 1 aromatic rings. The first-order valence-electron chi connectivity index (χ1n) is 4.11. The Morgan fingerprint density at radius 3 is 2.71 bits per heavy atom. The molecule has 1 rings (SSSR count). The van der Waals surface area contributed by atoms with Gasteiger partial charge in [-0.15, -0.1) is 24.2 Å². The molecule has 0 unspecified atom stereocenters. The van der Waals surface area contributed by atoms with Crippen LogP contribution in [0.15, 0.2) is 23.1 Å². The molecule has 76 valence electrons. The van der Waals surface area contributed by atoms with E-state index in [1.165, 1.54) is 0 Å². The van der Waals surface area contributed by atoms with Crippen molar-refractivity contribution in [2.45, 2.75) is 16.6 Å². The van der Waals surface area contributed by atoms with Crippen molar-refractivity contribution in [2.24, 2.45) is 0 Å². The van der Waals surface area contributed by atoms with Gasteiger partial charge in [-0.25, -0.2) is 0 Å². The van der Waals surface area contributed by atoms with E-state index in [4.69, 9.17) is 11.6 Å². The van der Waals surface area contributed by atoms with Crippen molar-refractivity contribution in [3.8, 4) is 0 Å². The molecule has 1 aromatic carbocycles. The molecule has 0 spiro atoms. The summed E-state index contributed by atoms with van der Waals surface area (Å²) < 4.78 is 0. The zero-order valence-electron chi connectivity index (χ0n) is 7.46. The normalized spacial score (nSPS) is 10.2. The van der Waals surface area contributed by atoms with E-state index in [9.17, 15) is 4.79 Å². The average Bonchev–Trinajstić information content (AvgIpc) is 2.18. The first-order valence-corrected chi connectivity index (χ1v) is 6.22. The second kappa shape index (κ2) is 5.79. The average molecular weight is 294 g/mol. The predicted molar refractivity (Wildman–Crippen MR) is 65.8 cm³/mol. The van der Waals surface area contributed by atoms with Gasteiger partial charge in [0.2, 0.25) is 0 Å². The molecular weight excluding hydrogens is 284 g/mol. The van der Waals surface area contributed by atoms with Crippen LogP contribution in [0.1, 0.15) is 11.1 Å². The minimum absolute atomic E-state index is 0.0350. The third kappa shape index (κ3) is 3.30. The van der Waals surface area contributed by atoms with Gasteiger partial charge in [0.25, 0.3) is 0 Å². The summed E-state index contributed by atoms with van der Waals surface area (Å²) in [7, 11) is 0. The van der Waals surface area contributed by atoms with Crippen molar-refractivity contribution in [1.82, 2.24) is 0 Å². The molecule has 0 aromatic heterocycles. The van der Waals surface area contributed by atoms with Gasteiger partial charge in [-0.3, -0.25) is 4.79 Å². The summed E-state index contributed by atoms with van der Waals surface area (Å²) >= 11 is 13.1. The van der Waals surface area contributed by atoms with Crippen LogP contribution in [0.2, 0.25) is 0 Å². The lowest BCUT2D eigenvalue weighted by atomic mass is 10.0. The fraction of sp³-hybridized carbons (Fsp3) is 0.300. The number of halogens is 2. The molecule has 0 atom stereocenters. The summed E-state index contributed by atoms with van der Waals surface area (Å²) in [5.41, 5.74) is 2.11. The largest absolute Gasteiger partial charge is 0.298 e. The number of carbonyl (C=O) groups excluding carboxylic acids is 1. The molecule has 0 N–H and O–H groups in total. The van der Waals surface area contributed by atoms with E-state index in [1.54, 1.807) is 0 Å². The predicted octanol–water partition coefficient (Wildman–Crippen LogP) is 3.22. The maximum atomic E-state index is 11.2. The van der Waals surface area contributed by atoms with Gasteiger partial charge in [-0.1, -0.05) is 22.0 Å². The molecule has 4 heteroatoms. The number of carbonyl (C=O) groups is 1. The molecule has 0 saturated carbocycles. The molecule has 0 bridgehead atoms.